The molecule has 1 N–H and O–H groups in total. The Morgan fingerprint density at radius 1 is 1.15 bits per heavy atom. The number of thioether (sulfide) groups is 1. The van der Waals surface area contributed by atoms with E-state index in [-0.39, 0.29) is 12.5 Å². The van der Waals surface area contributed by atoms with Crippen molar-refractivity contribution in [2.75, 3.05) is 11.9 Å². The van der Waals surface area contributed by atoms with Gasteiger partial charge >= 0.3 is 0 Å². The summed E-state index contributed by atoms with van der Waals surface area (Å²) in [7, 11) is 0. The van der Waals surface area contributed by atoms with Gasteiger partial charge in [0.25, 0.3) is 5.91 Å². The normalized spacial score (nSPS) is 12.7. The summed E-state index contributed by atoms with van der Waals surface area (Å²) < 4.78 is 7.42. The largest absolute Gasteiger partial charge is 0.484 e. The van der Waals surface area contributed by atoms with Crippen molar-refractivity contribution in [2.24, 2.45) is 0 Å². The van der Waals surface area contributed by atoms with Crippen molar-refractivity contribution in [3.8, 4) is 11.4 Å². The predicted molar refractivity (Wildman–Crippen MR) is 109 cm³/mol. The molecule has 4 rings (SSSR count). The van der Waals surface area contributed by atoms with Crippen LogP contribution in [0.15, 0.2) is 48.5 Å². The van der Waals surface area contributed by atoms with E-state index in [1.54, 1.807) is 0 Å². The van der Waals surface area contributed by atoms with Crippen LogP contribution in [0.3, 0.4) is 0 Å². The Balaban J connectivity index is 1.59. The zero-order chi connectivity index (χ0) is 18.8. The lowest BCUT2D eigenvalue weighted by Gasteiger charge is -2.13. The molecule has 0 bridgehead atoms. The Hall–Kier alpha value is -2.73. The number of aromatic nitrogens is 2. The summed E-state index contributed by atoms with van der Waals surface area (Å²) in [5.41, 5.74) is 5.44. The second kappa shape index (κ2) is 7.48. The van der Waals surface area contributed by atoms with Crippen LogP contribution in [-0.2, 0) is 16.3 Å². The fourth-order valence-electron chi connectivity index (χ4n) is 3.23. The molecule has 0 spiro atoms. The maximum absolute atomic E-state index is 12.5. The highest BCUT2D eigenvalue weighted by Crippen LogP contribution is 2.36. The lowest BCUT2D eigenvalue weighted by atomic mass is 10.1. The Morgan fingerprint density at radius 3 is 2.63 bits per heavy atom. The van der Waals surface area contributed by atoms with E-state index in [2.05, 4.69) is 37.4 Å². The highest BCUT2D eigenvalue weighted by Gasteiger charge is 2.25. The molecule has 1 aromatic heterocycles. The summed E-state index contributed by atoms with van der Waals surface area (Å²) in [5.74, 6) is 2.97. The van der Waals surface area contributed by atoms with E-state index in [1.807, 2.05) is 46.8 Å². The van der Waals surface area contributed by atoms with Gasteiger partial charge in [-0.3, -0.25) is 4.79 Å². The molecule has 1 aliphatic heterocycles. The number of hydrogen-bond donors (Lipinski definition) is 1. The van der Waals surface area contributed by atoms with Crippen LogP contribution < -0.4 is 10.1 Å². The van der Waals surface area contributed by atoms with Crippen molar-refractivity contribution >= 4 is 23.5 Å². The Bertz CT molecular complexity index is 962. The first-order valence-corrected chi connectivity index (χ1v) is 10.0. The van der Waals surface area contributed by atoms with Crippen molar-refractivity contribution in [3.05, 3.63) is 70.9 Å². The van der Waals surface area contributed by atoms with Gasteiger partial charge in [0.05, 0.1) is 11.4 Å². The number of aryl methyl sites for hydroxylation is 2. The van der Waals surface area contributed by atoms with Gasteiger partial charge < -0.3 is 10.1 Å². The van der Waals surface area contributed by atoms with Gasteiger partial charge in [-0.15, -0.1) is 0 Å². The number of rotatable bonds is 5. The second-order valence-corrected chi connectivity index (χ2v) is 7.66. The lowest BCUT2D eigenvalue weighted by molar-refractivity contribution is -0.118. The van der Waals surface area contributed by atoms with Gasteiger partial charge in [0.2, 0.25) is 0 Å². The third-order valence-electron chi connectivity index (χ3n) is 4.37. The third-order valence-corrected chi connectivity index (χ3v) is 5.34. The van der Waals surface area contributed by atoms with Crippen molar-refractivity contribution in [1.29, 1.82) is 0 Å². The van der Waals surface area contributed by atoms with E-state index in [1.165, 1.54) is 11.1 Å². The number of fused-ring (bicyclic) bond motifs is 1. The number of benzene rings is 2. The molecular formula is C21H21N3O2S. The van der Waals surface area contributed by atoms with E-state index in [0.29, 0.717) is 5.75 Å². The van der Waals surface area contributed by atoms with E-state index in [4.69, 9.17) is 9.84 Å². The molecule has 0 aliphatic carbocycles. The summed E-state index contributed by atoms with van der Waals surface area (Å²) in [5, 5.41) is 7.78. The molecule has 138 valence electrons. The van der Waals surface area contributed by atoms with Gasteiger partial charge in [-0.25, -0.2) is 4.68 Å². The standard InChI is InChI=1S/C21H21N3O2S/c1-14-8-15(2)10-16(9-14)24-21(18-12-27-13-19(18)23-24)22-20(25)11-26-17-6-4-3-5-7-17/h3-10H,11-13H2,1-2H3,(H,22,25). The second-order valence-electron chi connectivity index (χ2n) is 6.67. The molecular weight excluding hydrogens is 358 g/mol. The lowest BCUT2D eigenvalue weighted by Crippen LogP contribution is -2.22. The maximum atomic E-state index is 12.5. The van der Waals surface area contributed by atoms with E-state index >= 15 is 0 Å². The molecule has 27 heavy (non-hydrogen) atoms. The number of carbonyl (C=O) groups excluding carboxylic acids is 1. The molecule has 2 heterocycles. The first-order chi connectivity index (χ1) is 13.1. The van der Waals surface area contributed by atoms with Gasteiger partial charge in [0.1, 0.15) is 11.6 Å². The van der Waals surface area contributed by atoms with E-state index in [0.717, 1.165) is 34.3 Å². The van der Waals surface area contributed by atoms with Crippen LogP contribution in [-0.4, -0.2) is 22.3 Å². The number of ether oxygens (including phenoxy) is 1. The Morgan fingerprint density at radius 2 is 1.89 bits per heavy atom. The summed E-state index contributed by atoms with van der Waals surface area (Å²) in [6.45, 7) is 4.09. The van der Waals surface area contributed by atoms with Crippen LogP contribution in [0.2, 0.25) is 0 Å². The molecule has 0 saturated carbocycles. The molecule has 0 radical (unpaired) electrons. The zero-order valence-electron chi connectivity index (χ0n) is 15.4. The van der Waals surface area contributed by atoms with Crippen LogP contribution in [0.4, 0.5) is 5.82 Å². The molecule has 1 amide bonds. The Kier molecular flexibility index (Phi) is 4.90. The van der Waals surface area contributed by atoms with Crippen molar-refractivity contribution in [1.82, 2.24) is 9.78 Å². The van der Waals surface area contributed by atoms with Crippen LogP contribution in [0, 0.1) is 13.8 Å². The third kappa shape index (κ3) is 3.85. The van der Waals surface area contributed by atoms with Gasteiger partial charge in [0.15, 0.2) is 6.61 Å². The van der Waals surface area contributed by atoms with Crippen LogP contribution in [0.25, 0.3) is 5.69 Å². The molecule has 1 aliphatic rings. The molecule has 0 saturated heterocycles. The van der Waals surface area contributed by atoms with Gasteiger partial charge in [-0.05, 0) is 49.2 Å². The van der Waals surface area contributed by atoms with E-state index in [9.17, 15) is 4.79 Å². The summed E-state index contributed by atoms with van der Waals surface area (Å²) >= 11 is 1.81. The average Bonchev–Trinajstić information content (AvgIpc) is 3.23. The number of amides is 1. The number of nitrogens with one attached hydrogen (secondary N) is 1. The minimum Gasteiger partial charge on any atom is -0.484 e. The minimum atomic E-state index is -0.191. The molecule has 5 nitrogen and oxygen atoms in total. The fraction of sp³-hybridized carbons (Fsp3) is 0.238. The number of hydrogen-bond acceptors (Lipinski definition) is 4. The van der Waals surface area contributed by atoms with Crippen molar-refractivity contribution < 1.29 is 9.53 Å². The van der Waals surface area contributed by atoms with Gasteiger partial charge in [-0.1, -0.05) is 24.3 Å². The predicted octanol–water partition coefficient (Wildman–Crippen LogP) is 4.25. The van der Waals surface area contributed by atoms with Gasteiger partial charge in [0, 0.05) is 17.1 Å². The van der Waals surface area contributed by atoms with Crippen LogP contribution in [0.5, 0.6) is 5.75 Å². The highest BCUT2D eigenvalue weighted by atomic mass is 32.2. The molecule has 0 unspecified atom stereocenters. The first kappa shape index (κ1) is 17.7. The monoisotopic (exact) mass is 379 g/mol. The molecule has 0 atom stereocenters. The smallest absolute Gasteiger partial charge is 0.263 e. The molecule has 3 aromatic rings. The quantitative estimate of drug-likeness (QED) is 0.720. The first-order valence-electron chi connectivity index (χ1n) is 8.85. The fourth-order valence-corrected chi connectivity index (χ4v) is 4.27. The number of nitrogens with zero attached hydrogens (tertiary/aromatic N) is 2. The number of carbonyl (C=O) groups is 1. The average molecular weight is 379 g/mol. The highest BCUT2D eigenvalue weighted by molar-refractivity contribution is 7.98. The summed E-state index contributed by atoms with van der Waals surface area (Å²) in [6, 6.07) is 15.6. The van der Waals surface area contributed by atoms with Crippen LogP contribution in [0.1, 0.15) is 22.4 Å². The Labute approximate surface area is 162 Å². The maximum Gasteiger partial charge on any atom is 0.263 e. The van der Waals surface area contributed by atoms with Crippen molar-refractivity contribution in [3.63, 3.8) is 0 Å². The minimum absolute atomic E-state index is 0.0377. The number of para-hydroxylation sites is 1. The zero-order valence-corrected chi connectivity index (χ0v) is 16.2. The van der Waals surface area contributed by atoms with Crippen LogP contribution >= 0.6 is 11.8 Å². The topological polar surface area (TPSA) is 56.2 Å². The van der Waals surface area contributed by atoms with Gasteiger partial charge in [-0.2, -0.15) is 16.9 Å². The molecule has 0 fully saturated rings. The van der Waals surface area contributed by atoms with E-state index < -0.39 is 0 Å². The molecule has 2 aromatic carbocycles. The van der Waals surface area contributed by atoms with Crippen molar-refractivity contribution in [2.45, 2.75) is 25.4 Å². The summed E-state index contributed by atoms with van der Waals surface area (Å²) in [6.07, 6.45) is 0. The summed E-state index contributed by atoms with van der Waals surface area (Å²) in [4.78, 5) is 12.5. The number of anilines is 1. The SMILES string of the molecule is Cc1cc(C)cc(-n2nc3c(c2NC(=O)COc2ccccc2)CSC3)c1. The molecule has 6 heteroatoms.